The molecule has 2 amide bonds. The van der Waals surface area contributed by atoms with Gasteiger partial charge in [0.1, 0.15) is 0 Å². The van der Waals surface area contributed by atoms with Crippen molar-refractivity contribution >= 4 is 35.6 Å². The fourth-order valence-corrected chi connectivity index (χ4v) is 3.99. The van der Waals surface area contributed by atoms with Crippen molar-refractivity contribution in [1.82, 2.24) is 0 Å². The molecule has 0 aromatic heterocycles. The number of nitrogens with one attached hydrogen (secondary N) is 1. The average Bonchev–Trinajstić information content (AvgIpc) is 3.20. The van der Waals surface area contributed by atoms with Crippen LogP contribution in [0.1, 0.15) is 31.7 Å². The standard InChI is InChI=1S/C23H29N3O2.ClH/c1-2-26(20-8-4-3-5-9-20)22(27)15-17-11-13-19(14-12-17)25-23(28)21-10-6-7-18(21)16-24;/h3-5,8-9,11-14,18,21H,2,6-7,10,15-16,24H2,1H3,(H,25,28);1H/t18-,21-;/m1./s1. The van der Waals surface area contributed by atoms with Gasteiger partial charge in [0.15, 0.2) is 0 Å². The van der Waals surface area contributed by atoms with Gasteiger partial charge in [-0.3, -0.25) is 9.59 Å². The first-order chi connectivity index (χ1) is 13.6. The molecule has 0 radical (unpaired) electrons. The molecule has 0 spiro atoms. The van der Waals surface area contributed by atoms with Gasteiger partial charge in [-0.2, -0.15) is 0 Å². The molecule has 2 aromatic carbocycles. The highest BCUT2D eigenvalue weighted by Gasteiger charge is 2.31. The van der Waals surface area contributed by atoms with Crippen LogP contribution in [0.25, 0.3) is 0 Å². The van der Waals surface area contributed by atoms with Crippen molar-refractivity contribution in [3.05, 3.63) is 60.2 Å². The molecule has 1 aliphatic rings. The van der Waals surface area contributed by atoms with E-state index in [1.54, 1.807) is 4.90 Å². The number of anilines is 2. The number of hydrogen-bond donors (Lipinski definition) is 2. The predicted molar refractivity (Wildman–Crippen MR) is 120 cm³/mol. The topological polar surface area (TPSA) is 75.4 Å². The van der Waals surface area contributed by atoms with Crippen molar-refractivity contribution in [2.24, 2.45) is 17.6 Å². The largest absolute Gasteiger partial charge is 0.330 e. The Labute approximate surface area is 179 Å². The fraction of sp³-hybridized carbons (Fsp3) is 0.391. The molecule has 5 nitrogen and oxygen atoms in total. The SMILES string of the molecule is CCN(C(=O)Cc1ccc(NC(=O)[C@@H]2CCC[C@@H]2CN)cc1)c1ccccc1.Cl. The summed E-state index contributed by atoms with van der Waals surface area (Å²) in [6, 6.07) is 17.2. The van der Waals surface area contributed by atoms with Gasteiger partial charge in [0.2, 0.25) is 11.8 Å². The molecule has 3 rings (SSSR count). The number of para-hydroxylation sites is 1. The van der Waals surface area contributed by atoms with Gasteiger partial charge in [-0.15, -0.1) is 12.4 Å². The summed E-state index contributed by atoms with van der Waals surface area (Å²) in [6.07, 6.45) is 3.34. The van der Waals surface area contributed by atoms with Crippen LogP contribution in [0.4, 0.5) is 11.4 Å². The first-order valence-corrected chi connectivity index (χ1v) is 10.1. The van der Waals surface area contributed by atoms with Crippen LogP contribution in [0.5, 0.6) is 0 Å². The summed E-state index contributed by atoms with van der Waals surface area (Å²) in [5.74, 6) is 0.408. The van der Waals surface area contributed by atoms with E-state index in [9.17, 15) is 9.59 Å². The van der Waals surface area contributed by atoms with Crippen LogP contribution in [-0.4, -0.2) is 24.9 Å². The summed E-state index contributed by atoms with van der Waals surface area (Å²) in [4.78, 5) is 27.0. The number of halogens is 1. The highest BCUT2D eigenvalue weighted by Crippen LogP contribution is 2.31. The summed E-state index contributed by atoms with van der Waals surface area (Å²) in [5, 5.41) is 3.00. The summed E-state index contributed by atoms with van der Waals surface area (Å²) >= 11 is 0. The molecule has 1 aliphatic carbocycles. The Bertz CT molecular complexity index is 796. The van der Waals surface area contributed by atoms with Crippen molar-refractivity contribution in [3.63, 3.8) is 0 Å². The minimum atomic E-state index is 0. The van der Waals surface area contributed by atoms with Gasteiger partial charge < -0.3 is 16.0 Å². The Morgan fingerprint density at radius 1 is 1.07 bits per heavy atom. The van der Waals surface area contributed by atoms with Gasteiger partial charge in [-0.25, -0.2) is 0 Å². The Balaban J connectivity index is 0.00000300. The van der Waals surface area contributed by atoms with Gasteiger partial charge in [0.25, 0.3) is 0 Å². The molecule has 3 N–H and O–H groups in total. The number of carbonyl (C=O) groups excluding carboxylic acids is 2. The quantitative estimate of drug-likeness (QED) is 0.717. The number of carbonyl (C=O) groups is 2. The maximum Gasteiger partial charge on any atom is 0.231 e. The minimum Gasteiger partial charge on any atom is -0.330 e. The number of benzene rings is 2. The maximum absolute atomic E-state index is 12.7. The third kappa shape index (κ3) is 5.81. The minimum absolute atomic E-state index is 0. The molecule has 0 aliphatic heterocycles. The first-order valence-electron chi connectivity index (χ1n) is 10.1. The van der Waals surface area contributed by atoms with Crippen LogP contribution in [0.2, 0.25) is 0 Å². The summed E-state index contributed by atoms with van der Waals surface area (Å²) in [5.41, 5.74) is 8.38. The molecule has 2 atom stereocenters. The van der Waals surface area contributed by atoms with Gasteiger partial charge in [-0.1, -0.05) is 36.8 Å². The highest BCUT2D eigenvalue weighted by molar-refractivity contribution is 5.95. The lowest BCUT2D eigenvalue weighted by molar-refractivity contribution is -0.121. The van der Waals surface area contributed by atoms with E-state index in [2.05, 4.69) is 5.32 Å². The fourth-order valence-electron chi connectivity index (χ4n) is 3.99. The van der Waals surface area contributed by atoms with Crippen molar-refractivity contribution in [2.45, 2.75) is 32.6 Å². The Morgan fingerprint density at radius 2 is 1.76 bits per heavy atom. The lowest BCUT2D eigenvalue weighted by atomic mass is 9.95. The molecule has 2 aromatic rings. The van der Waals surface area contributed by atoms with Crippen molar-refractivity contribution in [1.29, 1.82) is 0 Å². The zero-order chi connectivity index (χ0) is 19.9. The third-order valence-electron chi connectivity index (χ3n) is 5.56. The number of amides is 2. The van der Waals surface area contributed by atoms with E-state index in [0.717, 1.165) is 36.2 Å². The van der Waals surface area contributed by atoms with Crippen LogP contribution in [0.3, 0.4) is 0 Å². The van der Waals surface area contributed by atoms with E-state index in [1.807, 2.05) is 61.5 Å². The molecule has 156 valence electrons. The molecule has 29 heavy (non-hydrogen) atoms. The second-order valence-electron chi connectivity index (χ2n) is 7.37. The smallest absolute Gasteiger partial charge is 0.231 e. The van der Waals surface area contributed by atoms with E-state index in [-0.39, 0.29) is 36.1 Å². The van der Waals surface area contributed by atoms with E-state index in [0.29, 0.717) is 19.5 Å². The maximum atomic E-state index is 12.7. The summed E-state index contributed by atoms with van der Waals surface area (Å²) in [6.45, 7) is 3.16. The average molecular weight is 416 g/mol. The molecular formula is C23H30ClN3O2. The van der Waals surface area contributed by atoms with Gasteiger partial charge in [0.05, 0.1) is 6.42 Å². The molecule has 1 saturated carbocycles. The molecule has 0 unspecified atom stereocenters. The lowest BCUT2D eigenvalue weighted by Crippen LogP contribution is -2.32. The number of hydrogen-bond acceptors (Lipinski definition) is 3. The van der Waals surface area contributed by atoms with Gasteiger partial charge in [-0.05, 0) is 62.1 Å². The van der Waals surface area contributed by atoms with Crippen LogP contribution in [-0.2, 0) is 16.0 Å². The normalized spacial score (nSPS) is 18.0. The Hall–Kier alpha value is -2.37. The van der Waals surface area contributed by atoms with Crippen molar-refractivity contribution in [2.75, 3.05) is 23.3 Å². The third-order valence-corrected chi connectivity index (χ3v) is 5.56. The predicted octanol–water partition coefficient (Wildman–Crippen LogP) is 4.02. The van der Waals surface area contributed by atoms with E-state index < -0.39 is 0 Å². The molecule has 0 heterocycles. The molecule has 0 saturated heterocycles. The number of rotatable bonds is 7. The van der Waals surface area contributed by atoms with Crippen LogP contribution in [0.15, 0.2) is 54.6 Å². The molecule has 1 fully saturated rings. The highest BCUT2D eigenvalue weighted by atomic mass is 35.5. The Morgan fingerprint density at radius 3 is 2.38 bits per heavy atom. The van der Waals surface area contributed by atoms with Crippen LogP contribution < -0.4 is 16.0 Å². The Kier molecular flexibility index (Phi) is 8.68. The number of nitrogens with zero attached hydrogens (tertiary/aromatic N) is 1. The van der Waals surface area contributed by atoms with E-state index in [1.165, 1.54) is 0 Å². The second-order valence-corrected chi connectivity index (χ2v) is 7.37. The van der Waals surface area contributed by atoms with Gasteiger partial charge in [0, 0.05) is 23.8 Å². The number of likely N-dealkylation sites (N-methyl/N-ethyl adjacent to an activating group) is 1. The van der Waals surface area contributed by atoms with Crippen LogP contribution >= 0.6 is 12.4 Å². The monoisotopic (exact) mass is 415 g/mol. The van der Waals surface area contributed by atoms with Crippen molar-refractivity contribution in [3.8, 4) is 0 Å². The summed E-state index contributed by atoms with van der Waals surface area (Å²) < 4.78 is 0. The van der Waals surface area contributed by atoms with Crippen molar-refractivity contribution < 1.29 is 9.59 Å². The van der Waals surface area contributed by atoms with E-state index in [4.69, 9.17) is 5.73 Å². The zero-order valence-electron chi connectivity index (χ0n) is 16.8. The lowest BCUT2D eigenvalue weighted by Gasteiger charge is -2.21. The second kappa shape index (κ2) is 11.0. The molecule has 0 bridgehead atoms. The number of nitrogens with two attached hydrogens (primary N) is 1. The molecule has 6 heteroatoms. The summed E-state index contributed by atoms with van der Waals surface area (Å²) in [7, 11) is 0. The first kappa shape index (κ1) is 22.9. The van der Waals surface area contributed by atoms with E-state index >= 15 is 0 Å². The van der Waals surface area contributed by atoms with Gasteiger partial charge >= 0.3 is 0 Å². The molecular weight excluding hydrogens is 386 g/mol. The zero-order valence-corrected chi connectivity index (χ0v) is 17.7. The van der Waals surface area contributed by atoms with Crippen LogP contribution in [0, 0.1) is 11.8 Å².